The van der Waals surface area contributed by atoms with Crippen LogP contribution in [0.2, 0.25) is 0 Å². The first kappa shape index (κ1) is 16.6. The van der Waals surface area contributed by atoms with Gasteiger partial charge in [-0.2, -0.15) is 0 Å². The number of carbonyl (C=O) groups is 1. The van der Waals surface area contributed by atoms with Crippen molar-refractivity contribution in [2.75, 3.05) is 11.5 Å². The maximum atomic E-state index is 11.1. The largest absolute Gasteiger partial charge is 0.478 e. The Labute approximate surface area is 146 Å². The van der Waals surface area contributed by atoms with Crippen LogP contribution in [0.15, 0.2) is 72.8 Å². The fourth-order valence-electron chi connectivity index (χ4n) is 3.08. The molecular weight excluding hydrogens is 312 g/mol. The monoisotopic (exact) mass is 332 g/mol. The highest BCUT2D eigenvalue weighted by Crippen LogP contribution is 2.39. The number of carboxylic acid groups (broad SMARTS) is 1. The van der Waals surface area contributed by atoms with Crippen molar-refractivity contribution in [3.63, 3.8) is 0 Å². The first-order chi connectivity index (χ1) is 11.9. The van der Waals surface area contributed by atoms with Crippen molar-refractivity contribution in [3.05, 3.63) is 95.1 Å². The average molecular weight is 332 g/mol. The molecule has 3 rings (SSSR count). The average Bonchev–Trinajstić information content (AvgIpc) is 2.62. The van der Waals surface area contributed by atoms with Crippen LogP contribution in [0.25, 0.3) is 0 Å². The lowest BCUT2D eigenvalue weighted by Crippen LogP contribution is -2.25. The molecule has 126 valence electrons. The predicted octanol–water partition coefficient (Wildman–Crippen LogP) is 3.90. The summed E-state index contributed by atoms with van der Waals surface area (Å²) in [5.41, 5.74) is 16.0. The lowest BCUT2D eigenvalue weighted by Gasteiger charge is -2.32. The molecule has 0 atom stereocenters. The number of nitrogen functional groups attached to an aromatic ring is 2. The van der Waals surface area contributed by atoms with Crippen molar-refractivity contribution in [3.8, 4) is 0 Å². The Bertz CT molecular complexity index is 837. The third kappa shape index (κ3) is 3.06. The van der Waals surface area contributed by atoms with Gasteiger partial charge in [0.2, 0.25) is 0 Å². The number of anilines is 2. The van der Waals surface area contributed by atoms with E-state index >= 15 is 0 Å². The van der Waals surface area contributed by atoms with Gasteiger partial charge in [-0.3, -0.25) is 0 Å². The molecule has 0 amide bonds. The molecule has 3 aromatic carbocycles. The molecule has 0 aliphatic heterocycles. The molecule has 0 heterocycles. The van der Waals surface area contributed by atoms with Crippen LogP contribution in [0.1, 0.15) is 34.0 Å². The number of aromatic carboxylic acids is 1. The van der Waals surface area contributed by atoms with Crippen LogP contribution in [0.5, 0.6) is 0 Å². The summed E-state index contributed by atoms with van der Waals surface area (Å²) in [7, 11) is 0. The van der Waals surface area contributed by atoms with Crippen LogP contribution >= 0.6 is 0 Å². The van der Waals surface area contributed by atoms with E-state index in [0.29, 0.717) is 11.4 Å². The number of rotatable bonds is 4. The summed E-state index contributed by atoms with van der Waals surface area (Å²) in [6.45, 7) is 2.11. The van der Waals surface area contributed by atoms with Gasteiger partial charge in [0.15, 0.2) is 0 Å². The molecule has 0 aliphatic carbocycles. The summed E-state index contributed by atoms with van der Waals surface area (Å²) < 4.78 is 0. The molecule has 0 aromatic heterocycles. The molecule has 25 heavy (non-hydrogen) atoms. The maximum absolute atomic E-state index is 11.1. The topological polar surface area (TPSA) is 89.3 Å². The van der Waals surface area contributed by atoms with Crippen molar-refractivity contribution in [2.24, 2.45) is 0 Å². The number of hydrogen-bond acceptors (Lipinski definition) is 3. The Morgan fingerprint density at radius 1 is 0.720 bits per heavy atom. The summed E-state index contributed by atoms with van der Waals surface area (Å²) in [4.78, 5) is 11.1. The van der Waals surface area contributed by atoms with Crippen molar-refractivity contribution in [1.82, 2.24) is 0 Å². The van der Waals surface area contributed by atoms with Crippen LogP contribution < -0.4 is 11.5 Å². The van der Waals surface area contributed by atoms with E-state index in [9.17, 15) is 4.79 Å². The maximum Gasteiger partial charge on any atom is 0.335 e. The molecule has 0 fully saturated rings. The Hall–Kier alpha value is -3.27. The summed E-state index contributed by atoms with van der Waals surface area (Å²) in [6.07, 6.45) is 0. The Morgan fingerprint density at radius 2 is 1.04 bits per heavy atom. The summed E-state index contributed by atoms with van der Waals surface area (Å²) >= 11 is 0. The van der Waals surface area contributed by atoms with E-state index < -0.39 is 11.4 Å². The zero-order chi connectivity index (χ0) is 18.0. The zero-order valence-corrected chi connectivity index (χ0v) is 13.9. The van der Waals surface area contributed by atoms with Gasteiger partial charge >= 0.3 is 5.97 Å². The molecule has 5 N–H and O–H groups in total. The van der Waals surface area contributed by atoms with E-state index in [1.165, 1.54) is 0 Å². The molecule has 0 unspecified atom stereocenters. The lowest BCUT2D eigenvalue weighted by molar-refractivity contribution is 0.0697. The van der Waals surface area contributed by atoms with E-state index in [0.717, 1.165) is 16.7 Å². The van der Waals surface area contributed by atoms with Gasteiger partial charge in [-0.05, 0) is 60.0 Å². The molecule has 0 bridgehead atoms. The van der Waals surface area contributed by atoms with E-state index in [1.807, 2.05) is 60.7 Å². The first-order valence-corrected chi connectivity index (χ1v) is 7.97. The second-order valence-corrected chi connectivity index (χ2v) is 6.25. The minimum atomic E-state index is -0.937. The van der Waals surface area contributed by atoms with Crippen molar-refractivity contribution < 1.29 is 9.90 Å². The molecule has 0 saturated heterocycles. The van der Waals surface area contributed by atoms with Crippen molar-refractivity contribution >= 4 is 17.3 Å². The van der Waals surface area contributed by atoms with Crippen molar-refractivity contribution in [1.29, 1.82) is 0 Å². The molecule has 4 heteroatoms. The normalized spacial score (nSPS) is 11.2. The molecule has 0 saturated carbocycles. The van der Waals surface area contributed by atoms with Gasteiger partial charge in [0.05, 0.1) is 5.56 Å². The van der Waals surface area contributed by atoms with E-state index in [4.69, 9.17) is 16.6 Å². The lowest BCUT2D eigenvalue weighted by atomic mass is 9.71. The quantitative estimate of drug-likeness (QED) is 0.499. The number of benzene rings is 3. The molecule has 0 radical (unpaired) electrons. The molecule has 3 aromatic rings. The summed E-state index contributed by atoms with van der Waals surface area (Å²) in [5, 5.41) is 9.15. The van der Waals surface area contributed by atoms with Crippen LogP contribution in [0.3, 0.4) is 0 Å². The van der Waals surface area contributed by atoms with Gasteiger partial charge in [0.25, 0.3) is 0 Å². The zero-order valence-electron chi connectivity index (χ0n) is 13.9. The molecule has 0 aliphatic rings. The third-order valence-corrected chi connectivity index (χ3v) is 4.69. The minimum Gasteiger partial charge on any atom is -0.478 e. The highest BCUT2D eigenvalue weighted by Gasteiger charge is 2.31. The SMILES string of the molecule is CC(c1ccc(N)cc1)(c1ccc(N)cc1)c1ccc(C(=O)O)cc1. The van der Waals surface area contributed by atoms with Gasteiger partial charge in [0.1, 0.15) is 0 Å². The summed E-state index contributed by atoms with van der Waals surface area (Å²) in [6, 6.07) is 22.4. The van der Waals surface area contributed by atoms with E-state index in [1.54, 1.807) is 12.1 Å². The second kappa shape index (κ2) is 6.32. The van der Waals surface area contributed by atoms with Crippen molar-refractivity contribution in [2.45, 2.75) is 12.3 Å². The predicted molar refractivity (Wildman–Crippen MR) is 101 cm³/mol. The van der Waals surface area contributed by atoms with Gasteiger partial charge in [-0.15, -0.1) is 0 Å². The Kier molecular flexibility index (Phi) is 4.19. The number of hydrogen-bond donors (Lipinski definition) is 3. The number of carboxylic acids is 1. The highest BCUT2D eigenvalue weighted by molar-refractivity contribution is 5.87. The Balaban J connectivity index is 2.19. The third-order valence-electron chi connectivity index (χ3n) is 4.69. The van der Waals surface area contributed by atoms with Gasteiger partial charge in [-0.1, -0.05) is 36.4 Å². The van der Waals surface area contributed by atoms with Crippen LogP contribution in [0, 0.1) is 0 Å². The number of nitrogens with two attached hydrogens (primary N) is 2. The molecule has 4 nitrogen and oxygen atoms in total. The first-order valence-electron chi connectivity index (χ1n) is 7.97. The Morgan fingerprint density at radius 3 is 1.36 bits per heavy atom. The van der Waals surface area contributed by atoms with Crippen LogP contribution in [-0.4, -0.2) is 11.1 Å². The fraction of sp³-hybridized carbons (Fsp3) is 0.0952. The minimum absolute atomic E-state index is 0.265. The van der Waals surface area contributed by atoms with E-state index in [2.05, 4.69) is 6.92 Å². The smallest absolute Gasteiger partial charge is 0.335 e. The van der Waals surface area contributed by atoms with Gasteiger partial charge in [0, 0.05) is 16.8 Å². The highest BCUT2D eigenvalue weighted by atomic mass is 16.4. The van der Waals surface area contributed by atoms with Gasteiger partial charge < -0.3 is 16.6 Å². The standard InChI is InChI=1S/C21H20N2O2/c1-21(16-6-10-18(22)11-7-16,17-8-12-19(23)13-9-17)15-4-2-14(3-5-15)20(24)25/h2-13H,22-23H2,1H3,(H,24,25). The van der Waals surface area contributed by atoms with Crippen LogP contribution in [0.4, 0.5) is 11.4 Å². The second-order valence-electron chi connectivity index (χ2n) is 6.25. The molecule has 0 spiro atoms. The molecular formula is C21H20N2O2. The van der Waals surface area contributed by atoms with Crippen LogP contribution in [-0.2, 0) is 5.41 Å². The van der Waals surface area contributed by atoms with Gasteiger partial charge in [-0.25, -0.2) is 4.79 Å². The summed E-state index contributed by atoms with van der Waals surface area (Å²) in [5.74, 6) is -0.937. The van der Waals surface area contributed by atoms with E-state index in [-0.39, 0.29) is 5.56 Å². The fourth-order valence-corrected chi connectivity index (χ4v) is 3.08.